The van der Waals surface area contributed by atoms with Gasteiger partial charge < -0.3 is 19.7 Å². The van der Waals surface area contributed by atoms with Gasteiger partial charge in [0.05, 0.1) is 6.54 Å². The van der Waals surface area contributed by atoms with Gasteiger partial charge in [-0.3, -0.25) is 0 Å². The fourth-order valence-corrected chi connectivity index (χ4v) is 4.86. The van der Waals surface area contributed by atoms with E-state index in [1.165, 1.54) is 51.5 Å². The molecule has 7 heteroatoms. The molecule has 2 aliphatic heterocycles. The zero-order valence-corrected chi connectivity index (χ0v) is 16.5. The van der Waals surface area contributed by atoms with Gasteiger partial charge in [0.2, 0.25) is 0 Å². The number of amides is 2. The third-order valence-corrected chi connectivity index (χ3v) is 6.45. The average molecular weight is 375 g/mol. The molecule has 7 nitrogen and oxygen atoms in total. The third-order valence-electron chi connectivity index (χ3n) is 6.45. The van der Waals surface area contributed by atoms with E-state index in [0.717, 1.165) is 63.1 Å². The molecule has 2 amide bonds. The van der Waals surface area contributed by atoms with Crippen molar-refractivity contribution in [3.05, 3.63) is 11.6 Å². The van der Waals surface area contributed by atoms with Crippen LogP contribution in [0.15, 0.2) is 0 Å². The molecule has 1 aliphatic carbocycles. The molecule has 0 aromatic carbocycles. The number of fused-ring (bicyclic) bond motifs is 1. The summed E-state index contributed by atoms with van der Waals surface area (Å²) in [5.41, 5.74) is 0. The normalized spacial score (nSPS) is 22.3. The smallest absolute Gasteiger partial charge is 0.317 e. The lowest BCUT2D eigenvalue weighted by Crippen LogP contribution is -2.42. The van der Waals surface area contributed by atoms with Crippen LogP contribution in [-0.4, -0.2) is 63.3 Å². The number of nitrogens with zero attached hydrogens (tertiary/aromatic N) is 5. The van der Waals surface area contributed by atoms with Crippen LogP contribution in [-0.2, 0) is 19.5 Å². The monoisotopic (exact) mass is 374 g/mol. The summed E-state index contributed by atoms with van der Waals surface area (Å²) in [6.07, 6.45) is 11.4. The Balaban J connectivity index is 1.24. The van der Waals surface area contributed by atoms with E-state index < -0.39 is 0 Å². The minimum Gasteiger partial charge on any atom is -0.331 e. The Morgan fingerprint density at radius 2 is 1.81 bits per heavy atom. The molecule has 2 fully saturated rings. The van der Waals surface area contributed by atoms with Crippen molar-refractivity contribution in [1.82, 2.24) is 29.9 Å². The van der Waals surface area contributed by atoms with Crippen molar-refractivity contribution in [3.8, 4) is 0 Å². The second-order valence-electron chi connectivity index (χ2n) is 8.45. The summed E-state index contributed by atoms with van der Waals surface area (Å²) in [4.78, 5) is 17.2. The molecule has 3 heterocycles. The first kappa shape index (κ1) is 18.7. The predicted octanol–water partition coefficient (Wildman–Crippen LogP) is 2.41. The average Bonchev–Trinajstić information content (AvgIpc) is 2.97. The number of aromatic nitrogens is 3. The number of urea groups is 1. The molecule has 1 saturated carbocycles. The van der Waals surface area contributed by atoms with E-state index >= 15 is 0 Å². The second-order valence-corrected chi connectivity index (χ2v) is 8.45. The van der Waals surface area contributed by atoms with Crippen molar-refractivity contribution in [2.45, 2.75) is 70.9 Å². The summed E-state index contributed by atoms with van der Waals surface area (Å²) in [5.74, 6) is 2.84. The van der Waals surface area contributed by atoms with Gasteiger partial charge in [-0.15, -0.1) is 10.2 Å². The van der Waals surface area contributed by atoms with E-state index in [9.17, 15) is 4.79 Å². The first-order chi connectivity index (χ1) is 13.3. The Kier molecular flexibility index (Phi) is 6.27. The van der Waals surface area contributed by atoms with Crippen molar-refractivity contribution in [2.24, 2.45) is 5.92 Å². The largest absolute Gasteiger partial charge is 0.331 e. The van der Waals surface area contributed by atoms with Crippen LogP contribution >= 0.6 is 0 Å². The van der Waals surface area contributed by atoms with E-state index in [-0.39, 0.29) is 6.03 Å². The van der Waals surface area contributed by atoms with Crippen LogP contribution in [0, 0.1) is 5.92 Å². The van der Waals surface area contributed by atoms with Crippen LogP contribution in [0.5, 0.6) is 0 Å². The van der Waals surface area contributed by atoms with E-state index in [1.807, 2.05) is 4.90 Å². The molecule has 1 aromatic rings. The van der Waals surface area contributed by atoms with Gasteiger partial charge in [0.1, 0.15) is 5.82 Å². The minimum atomic E-state index is 0.0441. The fraction of sp³-hybridized carbons (Fsp3) is 0.850. The lowest BCUT2D eigenvalue weighted by atomic mass is 9.89. The van der Waals surface area contributed by atoms with Gasteiger partial charge in [-0.05, 0) is 44.6 Å². The molecular weight excluding hydrogens is 340 g/mol. The molecule has 0 radical (unpaired) electrons. The van der Waals surface area contributed by atoms with E-state index in [0.29, 0.717) is 6.54 Å². The number of carbonyl (C=O) groups excluding carboxylic acids is 1. The molecule has 1 saturated heterocycles. The van der Waals surface area contributed by atoms with Gasteiger partial charge in [0.25, 0.3) is 0 Å². The van der Waals surface area contributed by atoms with Crippen molar-refractivity contribution < 1.29 is 4.79 Å². The maximum Gasteiger partial charge on any atom is 0.317 e. The first-order valence-corrected chi connectivity index (χ1v) is 11.0. The number of nitrogens with one attached hydrogen (secondary N) is 1. The SMILES string of the molecule is O=C(NCc1nnc2n1CCCC2)N1CCCN(CC2CCCCC2)CC1. The molecule has 1 aromatic heterocycles. The molecule has 4 rings (SSSR count). The summed E-state index contributed by atoms with van der Waals surface area (Å²) in [5, 5.41) is 11.6. The summed E-state index contributed by atoms with van der Waals surface area (Å²) in [6.45, 7) is 6.49. The fourth-order valence-electron chi connectivity index (χ4n) is 4.86. The molecule has 27 heavy (non-hydrogen) atoms. The molecular formula is C20H34N6O. The van der Waals surface area contributed by atoms with Crippen molar-refractivity contribution >= 4 is 6.03 Å². The highest BCUT2D eigenvalue weighted by molar-refractivity contribution is 5.74. The lowest BCUT2D eigenvalue weighted by molar-refractivity contribution is 0.189. The van der Waals surface area contributed by atoms with Crippen LogP contribution in [0.1, 0.15) is 63.0 Å². The summed E-state index contributed by atoms with van der Waals surface area (Å²) in [6, 6.07) is 0.0441. The van der Waals surface area contributed by atoms with Gasteiger partial charge in [-0.1, -0.05) is 19.3 Å². The molecule has 0 bridgehead atoms. The highest BCUT2D eigenvalue weighted by Gasteiger charge is 2.23. The molecule has 0 unspecified atom stereocenters. The van der Waals surface area contributed by atoms with Crippen LogP contribution in [0.3, 0.4) is 0 Å². The maximum absolute atomic E-state index is 12.6. The molecule has 3 aliphatic rings. The topological polar surface area (TPSA) is 66.3 Å². The first-order valence-electron chi connectivity index (χ1n) is 11.0. The number of carbonyl (C=O) groups is 1. The lowest BCUT2D eigenvalue weighted by Gasteiger charge is -2.28. The van der Waals surface area contributed by atoms with Gasteiger partial charge >= 0.3 is 6.03 Å². The van der Waals surface area contributed by atoms with E-state index in [1.54, 1.807) is 0 Å². The Hall–Kier alpha value is -1.63. The molecule has 0 atom stereocenters. The second kappa shape index (κ2) is 9.04. The van der Waals surface area contributed by atoms with E-state index in [2.05, 4.69) is 25.0 Å². The molecule has 150 valence electrons. The Morgan fingerprint density at radius 1 is 0.926 bits per heavy atom. The van der Waals surface area contributed by atoms with Crippen LogP contribution in [0.2, 0.25) is 0 Å². The predicted molar refractivity (Wildman–Crippen MR) is 104 cm³/mol. The number of rotatable bonds is 4. The van der Waals surface area contributed by atoms with Crippen LogP contribution < -0.4 is 5.32 Å². The van der Waals surface area contributed by atoms with Crippen molar-refractivity contribution in [1.29, 1.82) is 0 Å². The molecule has 0 spiro atoms. The zero-order valence-electron chi connectivity index (χ0n) is 16.5. The summed E-state index contributed by atoms with van der Waals surface area (Å²) < 4.78 is 2.18. The standard InChI is InChI=1S/C20H34N6O/c27-20(21-15-19-23-22-18-9-4-5-12-26(18)19)25-11-6-10-24(13-14-25)16-17-7-2-1-3-8-17/h17H,1-16H2,(H,21,27). The Morgan fingerprint density at radius 3 is 2.70 bits per heavy atom. The number of hydrogen-bond acceptors (Lipinski definition) is 4. The van der Waals surface area contributed by atoms with Gasteiger partial charge in [0.15, 0.2) is 5.82 Å². The van der Waals surface area contributed by atoms with Crippen molar-refractivity contribution in [2.75, 3.05) is 32.7 Å². The van der Waals surface area contributed by atoms with Crippen LogP contribution in [0.25, 0.3) is 0 Å². The summed E-state index contributed by atoms with van der Waals surface area (Å²) >= 11 is 0. The highest BCUT2D eigenvalue weighted by atomic mass is 16.2. The van der Waals surface area contributed by atoms with Gasteiger partial charge in [-0.2, -0.15) is 0 Å². The highest BCUT2D eigenvalue weighted by Crippen LogP contribution is 2.24. The zero-order chi connectivity index (χ0) is 18.5. The van der Waals surface area contributed by atoms with Gasteiger partial charge in [-0.25, -0.2) is 4.79 Å². The van der Waals surface area contributed by atoms with Gasteiger partial charge in [0, 0.05) is 39.1 Å². The maximum atomic E-state index is 12.6. The minimum absolute atomic E-state index is 0.0441. The Labute approximate surface area is 162 Å². The Bertz CT molecular complexity index is 624. The van der Waals surface area contributed by atoms with E-state index in [4.69, 9.17) is 0 Å². The van der Waals surface area contributed by atoms with Crippen LogP contribution in [0.4, 0.5) is 4.79 Å². The van der Waals surface area contributed by atoms with Crippen molar-refractivity contribution in [3.63, 3.8) is 0 Å². The number of aryl methyl sites for hydroxylation is 1. The quantitative estimate of drug-likeness (QED) is 0.879. The molecule has 1 N–H and O–H groups in total. The third kappa shape index (κ3) is 4.81. The number of hydrogen-bond donors (Lipinski definition) is 1. The summed E-state index contributed by atoms with van der Waals surface area (Å²) in [7, 11) is 0.